The van der Waals surface area contributed by atoms with Crippen LogP contribution in [0.2, 0.25) is 0 Å². The minimum atomic E-state index is -1.72. The Balaban J connectivity index is 2.55. The van der Waals surface area contributed by atoms with E-state index in [2.05, 4.69) is 0 Å². The molecule has 0 saturated carbocycles. The maximum atomic E-state index is 6.31. The van der Waals surface area contributed by atoms with Crippen molar-refractivity contribution < 1.29 is 0 Å². The Hall–Kier alpha value is 0.700. The molecular weight excluding hydrogens is 357 g/mol. The van der Waals surface area contributed by atoms with Crippen molar-refractivity contribution in [2.24, 2.45) is 0 Å². The summed E-state index contributed by atoms with van der Waals surface area (Å²) in [6, 6.07) is 9.36. The fourth-order valence-electron chi connectivity index (χ4n) is 1.80. The van der Waals surface area contributed by atoms with Crippen molar-refractivity contribution in [2.75, 3.05) is 0 Å². The van der Waals surface area contributed by atoms with Crippen molar-refractivity contribution >= 4 is 75.2 Å². The monoisotopic (exact) mass is 362 g/mol. The van der Waals surface area contributed by atoms with Crippen molar-refractivity contribution in [1.82, 2.24) is 0 Å². The molecule has 0 saturated heterocycles. The molecule has 1 aliphatic rings. The van der Waals surface area contributed by atoms with E-state index in [4.69, 9.17) is 69.6 Å². The number of alkyl halides is 6. The molecule has 0 radical (unpaired) electrons. The van der Waals surface area contributed by atoms with Gasteiger partial charge < -0.3 is 0 Å². The first-order chi connectivity index (χ1) is 8.20. The smallest absolute Gasteiger partial charge is 0.0978 e. The van der Waals surface area contributed by atoms with E-state index in [1.54, 1.807) is 6.08 Å². The molecule has 0 fully saturated rings. The number of hydrogen-bond acceptors (Lipinski definition) is 0. The maximum absolute atomic E-state index is 6.31. The molecule has 1 aliphatic carbocycles. The van der Waals surface area contributed by atoms with Gasteiger partial charge in [0.1, 0.15) is 0 Å². The van der Waals surface area contributed by atoms with Gasteiger partial charge in [0.2, 0.25) is 0 Å². The SMILES string of the molecule is ClC1(Cl)CC=C(c2ccccc2)C(Cl)(Cl)C1(Cl)Cl. The summed E-state index contributed by atoms with van der Waals surface area (Å²) in [5.41, 5.74) is 1.44. The summed E-state index contributed by atoms with van der Waals surface area (Å²) >= 11 is 37.2. The van der Waals surface area contributed by atoms with Gasteiger partial charge in [0.15, 0.2) is 13.0 Å². The van der Waals surface area contributed by atoms with E-state index >= 15 is 0 Å². The predicted octanol–water partition coefficient (Wildman–Crippen LogP) is 6.00. The third kappa shape index (κ3) is 2.26. The quantitative estimate of drug-likeness (QED) is 0.536. The van der Waals surface area contributed by atoms with Gasteiger partial charge in [0.05, 0.1) is 0 Å². The highest BCUT2D eigenvalue weighted by atomic mass is 35.5. The van der Waals surface area contributed by atoms with Gasteiger partial charge in [-0.05, 0) is 11.1 Å². The van der Waals surface area contributed by atoms with Crippen LogP contribution in [0.1, 0.15) is 12.0 Å². The highest BCUT2D eigenvalue weighted by molar-refractivity contribution is 6.72. The second-order valence-corrected chi connectivity index (χ2v) is 8.18. The molecule has 0 unspecified atom stereocenters. The lowest BCUT2D eigenvalue weighted by Gasteiger charge is -2.45. The van der Waals surface area contributed by atoms with Crippen LogP contribution in [0.25, 0.3) is 5.57 Å². The molecule has 0 nitrogen and oxygen atoms in total. The van der Waals surface area contributed by atoms with Crippen molar-refractivity contribution in [2.45, 2.75) is 19.4 Å². The number of hydrogen-bond donors (Lipinski definition) is 0. The highest BCUT2D eigenvalue weighted by Crippen LogP contribution is 2.62. The van der Waals surface area contributed by atoms with E-state index in [1.165, 1.54) is 0 Å². The first kappa shape index (κ1) is 15.1. The van der Waals surface area contributed by atoms with Crippen LogP contribution >= 0.6 is 69.6 Å². The molecule has 0 atom stereocenters. The third-order valence-corrected chi connectivity index (χ3v) is 6.68. The fraction of sp³-hybridized carbons (Fsp3) is 0.333. The molecule has 98 valence electrons. The normalized spacial score (nSPS) is 24.4. The van der Waals surface area contributed by atoms with E-state index in [-0.39, 0.29) is 6.42 Å². The van der Waals surface area contributed by atoms with Gasteiger partial charge in [-0.1, -0.05) is 106 Å². The second kappa shape index (κ2) is 4.91. The first-order valence-corrected chi connectivity index (χ1v) is 7.36. The molecule has 0 heterocycles. The third-order valence-electron chi connectivity index (χ3n) is 2.84. The number of allylic oxidation sites excluding steroid dienone is 2. The average molecular weight is 365 g/mol. The van der Waals surface area contributed by atoms with Crippen LogP contribution in [-0.4, -0.2) is 13.0 Å². The van der Waals surface area contributed by atoms with Crippen LogP contribution in [0.4, 0.5) is 0 Å². The summed E-state index contributed by atoms with van der Waals surface area (Å²) in [7, 11) is 0. The summed E-state index contributed by atoms with van der Waals surface area (Å²) in [6.45, 7) is 0. The van der Waals surface area contributed by atoms with Gasteiger partial charge in [-0.2, -0.15) is 0 Å². The van der Waals surface area contributed by atoms with Crippen molar-refractivity contribution in [1.29, 1.82) is 0 Å². The predicted molar refractivity (Wildman–Crippen MR) is 82.3 cm³/mol. The summed E-state index contributed by atoms with van der Waals surface area (Å²) in [4.78, 5) is 0. The Bertz CT molecular complexity index is 475. The standard InChI is InChI=1S/C12H8Cl6/c13-10(14)7-6-9(8-4-2-1-3-5-8)11(15,16)12(10,17)18/h1-6H,7H2. The Morgan fingerprint density at radius 1 is 0.833 bits per heavy atom. The molecule has 0 aromatic heterocycles. The van der Waals surface area contributed by atoms with Crippen molar-refractivity contribution in [3.8, 4) is 0 Å². The highest BCUT2D eigenvalue weighted by Gasteiger charge is 2.63. The Labute approximate surface area is 136 Å². The van der Waals surface area contributed by atoms with E-state index in [0.29, 0.717) is 5.57 Å². The molecule has 1 aromatic carbocycles. The lowest BCUT2D eigenvalue weighted by atomic mass is 9.91. The lowest BCUT2D eigenvalue weighted by Crippen LogP contribution is -2.52. The van der Waals surface area contributed by atoms with E-state index < -0.39 is 13.0 Å². The van der Waals surface area contributed by atoms with Gasteiger partial charge in [-0.15, -0.1) is 0 Å². The van der Waals surface area contributed by atoms with Crippen LogP contribution in [-0.2, 0) is 0 Å². The zero-order chi connectivity index (χ0) is 13.6. The number of benzene rings is 1. The van der Waals surface area contributed by atoms with Crippen molar-refractivity contribution in [3.63, 3.8) is 0 Å². The topological polar surface area (TPSA) is 0 Å². The molecule has 0 N–H and O–H groups in total. The van der Waals surface area contributed by atoms with Crippen LogP contribution in [0.3, 0.4) is 0 Å². The van der Waals surface area contributed by atoms with Gasteiger partial charge in [-0.3, -0.25) is 0 Å². The van der Waals surface area contributed by atoms with Gasteiger partial charge in [0.25, 0.3) is 0 Å². The molecule has 18 heavy (non-hydrogen) atoms. The second-order valence-electron chi connectivity index (χ2n) is 4.04. The summed E-state index contributed by atoms with van der Waals surface area (Å²) in [5.74, 6) is 0. The minimum Gasteiger partial charge on any atom is -0.0978 e. The van der Waals surface area contributed by atoms with Gasteiger partial charge >= 0.3 is 0 Å². The number of rotatable bonds is 1. The summed E-state index contributed by atoms with van der Waals surface area (Å²) in [5, 5.41) is 0. The van der Waals surface area contributed by atoms with E-state index in [0.717, 1.165) is 5.56 Å². The number of halogens is 6. The molecule has 0 spiro atoms. The largest absolute Gasteiger partial charge is 0.188 e. The van der Waals surface area contributed by atoms with Gasteiger partial charge in [-0.25, -0.2) is 0 Å². The Morgan fingerprint density at radius 2 is 1.39 bits per heavy atom. The van der Waals surface area contributed by atoms with Crippen LogP contribution in [0, 0.1) is 0 Å². The molecule has 6 heteroatoms. The Morgan fingerprint density at radius 3 is 1.94 bits per heavy atom. The lowest BCUT2D eigenvalue weighted by molar-refractivity contribution is 0.624. The minimum absolute atomic E-state index is 0.258. The molecular formula is C12H8Cl6. The fourth-order valence-corrected chi connectivity index (χ4v) is 3.49. The van der Waals surface area contributed by atoms with E-state index in [1.807, 2.05) is 30.3 Å². The average Bonchev–Trinajstić information content (AvgIpc) is 2.28. The zero-order valence-electron chi connectivity index (χ0n) is 8.94. The van der Waals surface area contributed by atoms with E-state index in [9.17, 15) is 0 Å². The Kier molecular flexibility index (Phi) is 4.12. The summed E-state index contributed by atoms with van der Waals surface area (Å²) in [6.07, 6.45) is 2.02. The zero-order valence-corrected chi connectivity index (χ0v) is 13.5. The molecule has 1 aromatic rings. The summed E-state index contributed by atoms with van der Waals surface area (Å²) < 4.78 is -4.76. The molecule has 0 amide bonds. The van der Waals surface area contributed by atoms with Crippen molar-refractivity contribution in [3.05, 3.63) is 42.0 Å². The van der Waals surface area contributed by atoms with Crippen LogP contribution in [0.5, 0.6) is 0 Å². The molecule has 0 bridgehead atoms. The van der Waals surface area contributed by atoms with Crippen LogP contribution < -0.4 is 0 Å². The first-order valence-electron chi connectivity index (χ1n) is 5.10. The molecule has 0 aliphatic heterocycles. The van der Waals surface area contributed by atoms with Gasteiger partial charge in [0, 0.05) is 6.42 Å². The van der Waals surface area contributed by atoms with Crippen LogP contribution in [0.15, 0.2) is 36.4 Å². The maximum Gasteiger partial charge on any atom is 0.188 e. The molecule has 2 rings (SSSR count).